The van der Waals surface area contributed by atoms with Gasteiger partial charge in [-0.05, 0) is 74.4 Å². The van der Waals surface area contributed by atoms with Crippen LogP contribution in [0, 0.1) is 0 Å². The number of ether oxygens (including phenoxy) is 1. The van der Waals surface area contributed by atoms with Crippen LogP contribution in [0.3, 0.4) is 0 Å². The van der Waals surface area contributed by atoms with Crippen molar-refractivity contribution in [2.45, 2.75) is 82.5 Å². The number of aromatic amines is 1. The molecule has 0 saturated carbocycles. The highest BCUT2D eigenvalue weighted by atomic mass is 35.5. The smallest absolute Gasteiger partial charge is 0.396 e. The number of carbonyl (C=O) groups excluding carboxylic acids is 7. The van der Waals surface area contributed by atoms with Gasteiger partial charge >= 0.3 is 7.60 Å². The van der Waals surface area contributed by atoms with Gasteiger partial charge in [0.05, 0.1) is 11.1 Å². The fraction of sp³-hybridized carbons (Fsp3) is 0.432. The van der Waals surface area contributed by atoms with Crippen molar-refractivity contribution < 1.29 is 52.7 Å². The number of aryl methyl sites for hydroxylation is 1. The van der Waals surface area contributed by atoms with Crippen LogP contribution >= 0.6 is 19.2 Å². The zero-order chi connectivity index (χ0) is 41.6. The van der Waals surface area contributed by atoms with Crippen LogP contribution in [-0.2, 0) is 35.0 Å². The maximum Gasteiger partial charge on any atom is 0.396 e. The summed E-state index contributed by atoms with van der Waals surface area (Å²) in [5.41, 5.74) is 10.1. The van der Waals surface area contributed by atoms with E-state index in [1.165, 1.54) is 41.0 Å². The van der Waals surface area contributed by atoms with Crippen molar-refractivity contribution >= 4 is 71.1 Å². The molecular formula is C37H45ClN7O11P. The first-order valence-corrected chi connectivity index (χ1v) is 20.3. The maximum atomic E-state index is 14.4. The standard InChI is InChI=1S/C37H45ClN7O11P/c1-20(46)44-15-14-25-10-12-29(35(50)41-24(9-13-32(40)48)19-56-30-6-2-4-21(33(30)38)5-3-7-31(39)47)45(25)36(51)28(18-44)43-34(49)27-17-23-16-22(8-11-26(23)42-27)37(52)57(53,54)55/h2,4,6,8,11,16-17,24-25,28-29,42H,3,5,7,9-10,12-15,18-19H2,1H3,(H2,39,47)(H2,40,48)(H,41,50)(H,43,49)(H2,53,54,55)/t24-,25+,28?,29?/m0/s1. The molecule has 2 fully saturated rings. The number of halogens is 1. The van der Waals surface area contributed by atoms with Crippen molar-refractivity contribution in [1.29, 1.82) is 0 Å². The Bertz CT molecular complexity index is 2120. The van der Waals surface area contributed by atoms with Gasteiger partial charge in [0.2, 0.25) is 29.5 Å². The first kappa shape index (κ1) is 42.8. The third kappa shape index (κ3) is 10.8. The van der Waals surface area contributed by atoms with Crippen molar-refractivity contribution in [3.63, 3.8) is 0 Å². The van der Waals surface area contributed by atoms with E-state index in [2.05, 4.69) is 15.6 Å². The highest BCUT2D eigenvalue weighted by molar-refractivity contribution is 7.70. The Morgan fingerprint density at radius 3 is 2.46 bits per heavy atom. The van der Waals surface area contributed by atoms with E-state index in [0.717, 1.165) is 5.56 Å². The van der Waals surface area contributed by atoms with Crippen LogP contribution in [0.1, 0.15) is 78.3 Å². The lowest BCUT2D eigenvalue weighted by Gasteiger charge is -2.38. The summed E-state index contributed by atoms with van der Waals surface area (Å²) in [6, 6.07) is 6.94. The molecule has 1 aromatic heterocycles. The number of amides is 6. The summed E-state index contributed by atoms with van der Waals surface area (Å²) in [5, 5.41) is 6.22. The minimum Gasteiger partial charge on any atom is -0.490 e. The summed E-state index contributed by atoms with van der Waals surface area (Å²) < 4.78 is 17.5. The number of benzene rings is 2. The van der Waals surface area contributed by atoms with Crippen molar-refractivity contribution in [3.05, 3.63) is 64.3 Å². The Kier molecular flexibility index (Phi) is 13.8. The number of H-pyrrole nitrogens is 1. The Labute approximate surface area is 332 Å². The first-order chi connectivity index (χ1) is 26.9. The van der Waals surface area contributed by atoms with E-state index in [0.29, 0.717) is 47.4 Å². The van der Waals surface area contributed by atoms with Gasteiger partial charge in [-0.3, -0.25) is 38.1 Å². The van der Waals surface area contributed by atoms with E-state index < -0.39 is 66.8 Å². The number of nitrogens with one attached hydrogen (secondary N) is 3. The van der Waals surface area contributed by atoms with Crippen LogP contribution in [0.2, 0.25) is 5.02 Å². The summed E-state index contributed by atoms with van der Waals surface area (Å²) in [6.45, 7) is 1.32. The van der Waals surface area contributed by atoms with Crippen molar-refractivity contribution in [2.75, 3.05) is 19.7 Å². The van der Waals surface area contributed by atoms with Gasteiger partial charge in [0.25, 0.3) is 11.4 Å². The van der Waals surface area contributed by atoms with E-state index in [-0.39, 0.29) is 62.5 Å². The van der Waals surface area contributed by atoms with Gasteiger partial charge < -0.3 is 51.4 Å². The number of hydrogen-bond donors (Lipinski definition) is 7. The SMILES string of the molecule is CC(=O)N1CC[C@H]2CCC(C(=O)N[C@@H](CCC(N)=O)COc3cccc(CCCC(N)=O)c3Cl)N2C(=O)C(NC(=O)c2cc3cc(C(=O)P(=O)(O)O)ccc3[nH]2)C1. The van der Waals surface area contributed by atoms with Crippen LogP contribution in [0.25, 0.3) is 10.9 Å². The quantitative estimate of drug-likeness (QED) is 0.102. The monoisotopic (exact) mass is 829 g/mol. The van der Waals surface area contributed by atoms with E-state index >= 15 is 0 Å². The molecule has 3 aromatic rings. The van der Waals surface area contributed by atoms with Crippen LogP contribution in [0.15, 0.2) is 42.5 Å². The molecule has 4 atom stereocenters. The zero-order valence-corrected chi connectivity index (χ0v) is 32.7. The van der Waals surface area contributed by atoms with Crippen LogP contribution < -0.4 is 26.8 Å². The molecule has 9 N–H and O–H groups in total. The maximum absolute atomic E-state index is 14.4. The summed E-state index contributed by atoms with van der Waals surface area (Å²) in [5.74, 6) is -2.86. The Morgan fingerprint density at radius 1 is 1.04 bits per heavy atom. The van der Waals surface area contributed by atoms with Crippen molar-refractivity contribution in [3.8, 4) is 5.75 Å². The molecule has 0 aliphatic carbocycles. The number of aromatic nitrogens is 1. The second-order valence-electron chi connectivity index (χ2n) is 14.2. The molecular weight excluding hydrogens is 785 g/mol. The minimum atomic E-state index is -5.06. The van der Waals surface area contributed by atoms with Crippen molar-refractivity contribution in [1.82, 2.24) is 25.4 Å². The van der Waals surface area contributed by atoms with Gasteiger partial charge in [0.15, 0.2) is 0 Å². The molecule has 3 heterocycles. The normalized spacial score (nSPS) is 18.9. The molecule has 6 amide bonds. The number of nitrogens with two attached hydrogens (primary N) is 2. The van der Waals surface area contributed by atoms with Gasteiger partial charge in [-0.25, -0.2) is 0 Å². The average Bonchev–Trinajstić information content (AvgIpc) is 3.77. The van der Waals surface area contributed by atoms with Gasteiger partial charge in [0, 0.05) is 55.4 Å². The van der Waals surface area contributed by atoms with Gasteiger partial charge in [0.1, 0.15) is 30.1 Å². The van der Waals surface area contributed by atoms with Crippen LogP contribution in [0.5, 0.6) is 5.75 Å². The number of carbonyl (C=O) groups is 7. The molecule has 0 bridgehead atoms. The zero-order valence-electron chi connectivity index (χ0n) is 31.1. The lowest BCUT2D eigenvalue weighted by molar-refractivity contribution is -0.145. The first-order valence-electron chi connectivity index (χ1n) is 18.3. The van der Waals surface area contributed by atoms with E-state index in [4.69, 9.17) is 27.8 Å². The van der Waals surface area contributed by atoms with Gasteiger partial charge in [-0.2, -0.15) is 0 Å². The molecule has 2 unspecified atom stereocenters. The third-order valence-electron chi connectivity index (χ3n) is 10.1. The average molecular weight is 830 g/mol. The molecule has 18 nitrogen and oxygen atoms in total. The molecule has 2 aromatic carbocycles. The Balaban J connectivity index is 1.33. The fourth-order valence-corrected chi connectivity index (χ4v) is 7.88. The highest BCUT2D eigenvalue weighted by Gasteiger charge is 2.45. The van der Waals surface area contributed by atoms with Crippen LogP contribution in [-0.4, -0.2) is 109 Å². The third-order valence-corrected chi connectivity index (χ3v) is 11.3. The fourth-order valence-electron chi connectivity index (χ4n) is 7.13. The lowest BCUT2D eigenvalue weighted by atomic mass is 10.1. The molecule has 0 radical (unpaired) electrons. The van der Waals surface area contributed by atoms with Crippen molar-refractivity contribution in [2.24, 2.45) is 11.5 Å². The number of hydrogen-bond acceptors (Lipinski definition) is 9. The molecule has 306 valence electrons. The summed E-state index contributed by atoms with van der Waals surface area (Å²) >= 11 is 6.60. The van der Waals surface area contributed by atoms with E-state index in [9.17, 15) is 47.9 Å². The molecule has 2 aliphatic heterocycles. The second-order valence-corrected chi connectivity index (χ2v) is 16.0. The van der Waals surface area contributed by atoms with E-state index in [1.807, 2.05) is 0 Å². The van der Waals surface area contributed by atoms with Crippen LogP contribution in [0.4, 0.5) is 0 Å². The number of rotatable bonds is 16. The second kappa shape index (κ2) is 18.3. The summed E-state index contributed by atoms with van der Waals surface area (Å²) in [4.78, 5) is 114. The minimum absolute atomic E-state index is 0.0316. The molecule has 0 spiro atoms. The predicted octanol–water partition coefficient (Wildman–Crippen LogP) is 1.49. The molecule has 5 rings (SSSR count). The summed E-state index contributed by atoms with van der Waals surface area (Å²) in [6.07, 6.45) is 2.30. The largest absolute Gasteiger partial charge is 0.490 e. The Hall–Kier alpha value is -5.29. The van der Waals surface area contributed by atoms with E-state index in [1.54, 1.807) is 18.2 Å². The topological polar surface area (TPSA) is 285 Å². The number of fused-ring (bicyclic) bond motifs is 2. The summed E-state index contributed by atoms with van der Waals surface area (Å²) in [7, 11) is -5.06. The molecule has 2 aliphatic rings. The Morgan fingerprint density at radius 2 is 1.77 bits per heavy atom. The number of primary amides is 2. The van der Waals surface area contributed by atoms with Gasteiger partial charge in [-0.15, -0.1) is 0 Å². The molecule has 2 saturated heterocycles. The molecule has 20 heteroatoms. The predicted molar refractivity (Wildman–Crippen MR) is 206 cm³/mol. The van der Waals surface area contributed by atoms with Gasteiger partial charge in [-0.1, -0.05) is 23.7 Å². The lowest BCUT2D eigenvalue weighted by Crippen LogP contribution is -2.61. The molecule has 57 heavy (non-hydrogen) atoms. The highest BCUT2D eigenvalue weighted by Crippen LogP contribution is 2.39. The number of nitrogens with zero attached hydrogens (tertiary/aromatic N) is 2.